The molecule has 2 aromatic rings. The molecule has 0 bridgehead atoms. The van der Waals surface area contributed by atoms with Crippen molar-refractivity contribution in [2.75, 3.05) is 37.7 Å². The highest BCUT2D eigenvalue weighted by molar-refractivity contribution is 5.94. The topological polar surface area (TPSA) is 75.1 Å². The fourth-order valence-electron chi connectivity index (χ4n) is 4.08. The maximum atomic E-state index is 12.5. The van der Waals surface area contributed by atoms with Gasteiger partial charge in [-0.05, 0) is 55.7 Å². The standard InChI is InChI=1S/C27H33N3O4/c1-20(2)34-27(32)25-4-3-13-28-26(25)30-16-14-29(15-17-30)18-21-7-11-24(12-8-21)33-19-22-5-9-23(31)10-6-22/h3-9,11-13,20,23,31H,10,14-19H2,1-2H3. The monoisotopic (exact) mass is 463 g/mol. The Morgan fingerprint density at radius 1 is 1.15 bits per heavy atom. The lowest BCUT2D eigenvalue weighted by atomic mass is 10.1. The zero-order valence-corrected chi connectivity index (χ0v) is 19.9. The number of aromatic nitrogens is 1. The number of hydrogen-bond donors (Lipinski definition) is 1. The molecule has 0 saturated carbocycles. The molecule has 0 spiro atoms. The van der Waals surface area contributed by atoms with Crippen LogP contribution in [0.2, 0.25) is 0 Å². The minimum absolute atomic E-state index is 0.163. The van der Waals surface area contributed by atoms with Crippen LogP contribution in [-0.2, 0) is 11.3 Å². The Hall–Kier alpha value is -3.16. The minimum Gasteiger partial charge on any atom is -0.489 e. The molecule has 7 nitrogen and oxygen atoms in total. The van der Waals surface area contributed by atoms with E-state index < -0.39 is 0 Å². The van der Waals surface area contributed by atoms with Gasteiger partial charge in [0, 0.05) is 38.9 Å². The molecular weight excluding hydrogens is 430 g/mol. The van der Waals surface area contributed by atoms with Crippen LogP contribution in [0.4, 0.5) is 5.82 Å². The summed E-state index contributed by atoms with van der Waals surface area (Å²) < 4.78 is 11.3. The van der Waals surface area contributed by atoms with Crippen LogP contribution in [-0.4, -0.2) is 66.0 Å². The van der Waals surface area contributed by atoms with Gasteiger partial charge in [0.25, 0.3) is 0 Å². The number of nitrogens with zero attached hydrogens (tertiary/aromatic N) is 3. The predicted molar refractivity (Wildman–Crippen MR) is 132 cm³/mol. The van der Waals surface area contributed by atoms with Gasteiger partial charge in [0.1, 0.15) is 23.7 Å². The number of aliphatic hydroxyl groups excluding tert-OH is 1. The quantitative estimate of drug-likeness (QED) is 0.600. The van der Waals surface area contributed by atoms with Gasteiger partial charge in [-0.2, -0.15) is 0 Å². The number of aliphatic hydroxyl groups is 1. The molecule has 180 valence electrons. The number of pyridine rings is 1. The van der Waals surface area contributed by atoms with Crippen molar-refractivity contribution in [3.8, 4) is 5.75 Å². The molecule has 1 aromatic carbocycles. The van der Waals surface area contributed by atoms with E-state index in [1.165, 1.54) is 5.56 Å². The maximum absolute atomic E-state index is 12.5. The number of carbonyl (C=O) groups excluding carboxylic acids is 1. The zero-order valence-electron chi connectivity index (χ0n) is 19.9. The lowest BCUT2D eigenvalue weighted by Gasteiger charge is -2.36. The van der Waals surface area contributed by atoms with Crippen LogP contribution in [0, 0.1) is 0 Å². The van der Waals surface area contributed by atoms with Crippen LogP contribution in [0.1, 0.15) is 36.2 Å². The highest BCUT2D eigenvalue weighted by Crippen LogP contribution is 2.22. The van der Waals surface area contributed by atoms with Crippen molar-refractivity contribution in [1.82, 2.24) is 9.88 Å². The Morgan fingerprint density at radius 3 is 2.59 bits per heavy atom. The van der Waals surface area contributed by atoms with Crippen molar-refractivity contribution in [1.29, 1.82) is 0 Å². The van der Waals surface area contributed by atoms with E-state index in [2.05, 4.69) is 26.9 Å². The lowest BCUT2D eigenvalue weighted by Crippen LogP contribution is -2.46. The molecule has 0 amide bonds. The van der Waals surface area contributed by atoms with Gasteiger partial charge in [0.15, 0.2) is 0 Å². The van der Waals surface area contributed by atoms with Crippen LogP contribution in [0.5, 0.6) is 5.75 Å². The first kappa shape index (κ1) is 24.0. The van der Waals surface area contributed by atoms with Crippen LogP contribution in [0.25, 0.3) is 0 Å². The van der Waals surface area contributed by atoms with Gasteiger partial charge >= 0.3 is 5.97 Å². The molecule has 1 atom stereocenters. The molecule has 1 saturated heterocycles. The molecule has 7 heteroatoms. The summed E-state index contributed by atoms with van der Waals surface area (Å²) in [6.45, 7) is 8.45. The molecule has 0 radical (unpaired) electrons. The van der Waals surface area contributed by atoms with Crippen molar-refractivity contribution in [3.63, 3.8) is 0 Å². The number of benzene rings is 1. The molecule has 1 aliphatic carbocycles. The second-order valence-corrected chi connectivity index (χ2v) is 8.97. The minimum atomic E-state index is -0.378. The van der Waals surface area contributed by atoms with E-state index in [4.69, 9.17) is 9.47 Å². The number of carbonyl (C=O) groups is 1. The number of esters is 1. The SMILES string of the molecule is CC(C)OC(=O)c1cccnc1N1CCN(Cc2ccc(OCC3=CCC(O)C=C3)cc2)CC1. The summed E-state index contributed by atoms with van der Waals surface area (Å²) in [5.41, 5.74) is 2.84. The van der Waals surface area contributed by atoms with E-state index in [1.54, 1.807) is 24.4 Å². The van der Waals surface area contributed by atoms with Crippen LogP contribution in [0.15, 0.2) is 66.4 Å². The predicted octanol–water partition coefficient (Wildman–Crippen LogP) is 3.60. The van der Waals surface area contributed by atoms with Gasteiger partial charge in [0.05, 0.1) is 12.2 Å². The Kier molecular flexibility index (Phi) is 7.98. The van der Waals surface area contributed by atoms with Crippen LogP contribution in [0.3, 0.4) is 0 Å². The highest BCUT2D eigenvalue weighted by atomic mass is 16.5. The summed E-state index contributed by atoms with van der Waals surface area (Å²) in [7, 11) is 0. The van der Waals surface area contributed by atoms with Crippen molar-refractivity contribution in [2.24, 2.45) is 0 Å². The number of rotatable bonds is 8. The fourth-order valence-corrected chi connectivity index (χ4v) is 4.08. The Bertz CT molecular complexity index is 1020. The average Bonchev–Trinajstić information content (AvgIpc) is 2.85. The average molecular weight is 464 g/mol. The highest BCUT2D eigenvalue weighted by Gasteiger charge is 2.23. The van der Waals surface area contributed by atoms with E-state index in [1.807, 2.05) is 38.1 Å². The van der Waals surface area contributed by atoms with Gasteiger partial charge in [-0.1, -0.05) is 30.4 Å². The molecule has 1 unspecified atom stereocenters. The molecule has 1 fully saturated rings. The normalized spacial score (nSPS) is 18.6. The van der Waals surface area contributed by atoms with Crippen molar-refractivity contribution in [2.45, 2.75) is 39.0 Å². The number of anilines is 1. The third kappa shape index (κ3) is 6.46. The zero-order chi connectivity index (χ0) is 23.9. The maximum Gasteiger partial charge on any atom is 0.342 e. The van der Waals surface area contributed by atoms with Crippen LogP contribution >= 0.6 is 0 Å². The Morgan fingerprint density at radius 2 is 1.91 bits per heavy atom. The summed E-state index contributed by atoms with van der Waals surface area (Å²) >= 11 is 0. The third-order valence-electron chi connectivity index (χ3n) is 5.91. The summed E-state index contributed by atoms with van der Waals surface area (Å²) in [6.07, 6.45) is 7.56. The van der Waals surface area contributed by atoms with Gasteiger partial charge in [0.2, 0.25) is 0 Å². The number of piperazine rings is 1. The first-order valence-corrected chi connectivity index (χ1v) is 11.9. The van der Waals surface area contributed by atoms with Crippen molar-refractivity contribution < 1.29 is 19.4 Å². The molecule has 2 heterocycles. The Balaban J connectivity index is 1.27. The molecule has 2 aliphatic rings. The van der Waals surface area contributed by atoms with E-state index in [0.717, 1.165) is 44.0 Å². The van der Waals surface area contributed by atoms with E-state index >= 15 is 0 Å². The third-order valence-corrected chi connectivity index (χ3v) is 5.91. The smallest absolute Gasteiger partial charge is 0.342 e. The molecule has 1 N–H and O–H groups in total. The molecule has 1 aromatic heterocycles. The second kappa shape index (κ2) is 11.3. The number of ether oxygens (including phenoxy) is 2. The van der Waals surface area contributed by atoms with Gasteiger partial charge in [-0.3, -0.25) is 4.90 Å². The molecular formula is C27H33N3O4. The van der Waals surface area contributed by atoms with Crippen molar-refractivity contribution >= 4 is 11.8 Å². The largest absolute Gasteiger partial charge is 0.489 e. The fraction of sp³-hybridized carbons (Fsp3) is 0.407. The first-order chi connectivity index (χ1) is 16.5. The van der Waals surface area contributed by atoms with E-state index in [9.17, 15) is 9.90 Å². The summed E-state index contributed by atoms with van der Waals surface area (Å²) in [5.74, 6) is 1.22. The molecule has 34 heavy (non-hydrogen) atoms. The summed E-state index contributed by atoms with van der Waals surface area (Å²) in [5, 5.41) is 9.51. The van der Waals surface area contributed by atoms with Gasteiger partial charge < -0.3 is 19.5 Å². The van der Waals surface area contributed by atoms with Gasteiger partial charge in [-0.25, -0.2) is 9.78 Å². The second-order valence-electron chi connectivity index (χ2n) is 8.97. The first-order valence-electron chi connectivity index (χ1n) is 11.9. The van der Waals surface area contributed by atoms with Crippen LogP contribution < -0.4 is 9.64 Å². The summed E-state index contributed by atoms with van der Waals surface area (Å²) in [6, 6.07) is 11.8. The van der Waals surface area contributed by atoms with E-state index in [-0.39, 0.29) is 18.2 Å². The van der Waals surface area contributed by atoms with E-state index in [0.29, 0.717) is 24.4 Å². The molecule has 4 rings (SSSR count). The Labute approximate surface area is 201 Å². The molecule has 1 aliphatic heterocycles. The summed E-state index contributed by atoms with van der Waals surface area (Å²) in [4.78, 5) is 21.5. The van der Waals surface area contributed by atoms with Gasteiger partial charge in [-0.15, -0.1) is 0 Å². The number of hydrogen-bond acceptors (Lipinski definition) is 7. The van der Waals surface area contributed by atoms with Crippen molar-refractivity contribution in [3.05, 3.63) is 77.5 Å². The lowest BCUT2D eigenvalue weighted by molar-refractivity contribution is 0.0378.